The van der Waals surface area contributed by atoms with E-state index in [2.05, 4.69) is 22.5 Å². The first kappa shape index (κ1) is 22.7. The molecule has 0 bridgehead atoms. The summed E-state index contributed by atoms with van der Waals surface area (Å²) in [6, 6.07) is 3.65. The van der Waals surface area contributed by atoms with Gasteiger partial charge in [0.15, 0.2) is 0 Å². The highest BCUT2D eigenvalue weighted by Crippen LogP contribution is 2.31. The number of esters is 1. The minimum atomic E-state index is -3.03. The summed E-state index contributed by atoms with van der Waals surface area (Å²) >= 11 is 3.51. The number of aromatic nitrogens is 1. The van der Waals surface area contributed by atoms with Crippen LogP contribution in [0.2, 0.25) is 0 Å². The lowest BCUT2D eigenvalue weighted by molar-refractivity contribution is -0.0604. The molecule has 1 aliphatic heterocycles. The number of hydrogen-bond donors (Lipinski definition) is 0. The maximum Gasteiger partial charge on any atom is 0.338 e. The molecule has 3 rings (SSSR count). The molecular formula is C21H25BrF3N3O2. The van der Waals surface area contributed by atoms with Crippen molar-refractivity contribution in [2.75, 3.05) is 26.2 Å². The lowest BCUT2D eigenvalue weighted by Crippen LogP contribution is -2.50. The molecule has 2 aromatic heterocycles. The molecule has 0 N–H and O–H groups in total. The van der Waals surface area contributed by atoms with Crippen molar-refractivity contribution in [1.29, 1.82) is 0 Å². The first-order valence-electron chi connectivity index (χ1n) is 9.73. The molecule has 0 radical (unpaired) electrons. The molecule has 0 aliphatic carbocycles. The number of piperazine rings is 1. The summed E-state index contributed by atoms with van der Waals surface area (Å²) in [7, 11) is 0. The van der Waals surface area contributed by atoms with Crippen molar-refractivity contribution in [2.24, 2.45) is 0 Å². The fraction of sp³-hybridized carbons (Fsp3) is 0.476. The minimum Gasteiger partial charge on any atom is -0.459 e. The van der Waals surface area contributed by atoms with E-state index in [4.69, 9.17) is 4.74 Å². The quantitative estimate of drug-likeness (QED) is 0.436. The van der Waals surface area contributed by atoms with Gasteiger partial charge in [-0.1, -0.05) is 6.58 Å². The van der Waals surface area contributed by atoms with Crippen LogP contribution in [0.1, 0.15) is 35.5 Å². The fourth-order valence-electron chi connectivity index (χ4n) is 3.70. The molecule has 30 heavy (non-hydrogen) atoms. The predicted octanol–water partition coefficient (Wildman–Crippen LogP) is 4.72. The van der Waals surface area contributed by atoms with Gasteiger partial charge in [-0.2, -0.15) is 0 Å². The molecule has 0 aromatic carbocycles. The van der Waals surface area contributed by atoms with Crippen LogP contribution in [0.3, 0.4) is 0 Å². The van der Waals surface area contributed by atoms with Crippen molar-refractivity contribution >= 4 is 33.1 Å². The van der Waals surface area contributed by atoms with Gasteiger partial charge in [0.05, 0.1) is 28.6 Å². The van der Waals surface area contributed by atoms with Crippen LogP contribution < -0.4 is 0 Å². The maximum absolute atomic E-state index is 13.7. The van der Waals surface area contributed by atoms with Crippen LogP contribution in [0.25, 0.3) is 11.2 Å². The Morgan fingerprint density at radius 2 is 1.83 bits per heavy atom. The standard InChI is InChI=1S/C21H25BrF3N3O2/c1-12(2)30-21(29)15-11-17-16(22)5-6-28(17)18(13(15)3)14(4)26-7-9-27(10-8-26)20(25)19(23)24/h5-6,11-12,19-20H,4,7-10H2,1-3H3. The maximum atomic E-state index is 13.7. The van der Waals surface area contributed by atoms with Crippen LogP contribution in [0.15, 0.2) is 29.4 Å². The van der Waals surface area contributed by atoms with E-state index in [0.29, 0.717) is 29.9 Å². The summed E-state index contributed by atoms with van der Waals surface area (Å²) in [6.07, 6.45) is -3.67. The number of hydrogen-bond acceptors (Lipinski definition) is 4. The van der Waals surface area contributed by atoms with E-state index in [1.165, 1.54) is 0 Å². The second-order valence-electron chi connectivity index (χ2n) is 7.58. The van der Waals surface area contributed by atoms with Gasteiger partial charge >= 0.3 is 5.97 Å². The molecular weight excluding hydrogens is 463 g/mol. The first-order chi connectivity index (χ1) is 14.1. The van der Waals surface area contributed by atoms with E-state index in [0.717, 1.165) is 20.6 Å². The summed E-state index contributed by atoms with van der Waals surface area (Å²) in [4.78, 5) is 15.7. The van der Waals surface area contributed by atoms with Crippen molar-refractivity contribution in [1.82, 2.24) is 14.2 Å². The van der Waals surface area contributed by atoms with Crippen molar-refractivity contribution in [3.63, 3.8) is 0 Å². The Bertz CT molecular complexity index is 953. The van der Waals surface area contributed by atoms with Crippen LogP contribution in [0, 0.1) is 6.92 Å². The molecule has 0 amide bonds. The molecule has 0 saturated carbocycles. The highest BCUT2D eigenvalue weighted by atomic mass is 79.9. The largest absolute Gasteiger partial charge is 0.459 e. The monoisotopic (exact) mass is 487 g/mol. The molecule has 1 aliphatic rings. The van der Waals surface area contributed by atoms with Crippen molar-refractivity contribution < 1.29 is 22.7 Å². The van der Waals surface area contributed by atoms with E-state index in [1.54, 1.807) is 19.9 Å². The average molecular weight is 488 g/mol. The van der Waals surface area contributed by atoms with Gasteiger partial charge < -0.3 is 14.0 Å². The summed E-state index contributed by atoms with van der Waals surface area (Å²) in [5.41, 5.74) is 3.30. The Morgan fingerprint density at radius 3 is 2.40 bits per heavy atom. The predicted molar refractivity (Wildman–Crippen MR) is 113 cm³/mol. The third-order valence-electron chi connectivity index (χ3n) is 5.24. The summed E-state index contributed by atoms with van der Waals surface area (Å²) in [5, 5.41) is 0. The summed E-state index contributed by atoms with van der Waals surface area (Å²) < 4.78 is 47.2. The lowest BCUT2D eigenvalue weighted by Gasteiger charge is -2.38. The van der Waals surface area contributed by atoms with Gasteiger partial charge in [-0.3, -0.25) is 4.90 Å². The van der Waals surface area contributed by atoms with Crippen molar-refractivity contribution in [3.05, 3.63) is 46.2 Å². The van der Waals surface area contributed by atoms with Crippen LogP contribution in [0.5, 0.6) is 0 Å². The first-order valence-corrected chi connectivity index (χ1v) is 10.5. The van der Waals surface area contributed by atoms with Gasteiger partial charge in [-0.05, 0) is 54.4 Å². The molecule has 9 heteroatoms. The number of fused-ring (bicyclic) bond motifs is 1. The molecule has 1 unspecified atom stereocenters. The van der Waals surface area contributed by atoms with Gasteiger partial charge in [-0.25, -0.2) is 18.0 Å². The summed E-state index contributed by atoms with van der Waals surface area (Å²) in [6.45, 7) is 10.7. The number of pyridine rings is 1. The zero-order chi connectivity index (χ0) is 22.2. The fourth-order valence-corrected chi connectivity index (χ4v) is 4.12. The van der Waals surface area contributed by atoms with Crippen molar-refractivity contribution in [3.8, 4) is 0 Å². The third kappa shape index (κ3) is 4.37. The number of rotatable bonds is 6. The zero-order valence-electron chi connectivity index (χ0n) is 17.2. The molecule has 0 spiro atoms. The molecule has 3 heterocycles. The van der Waals surface area contributed by atoms with Gasteiger partial charge in [0.25, 0.3) is 6.43 Å². The normalized spacial score (nSPS) is 16.5. The van der Waals surface area contributed by atoms with E-state index in [9.17, 15) is 18.0 Å². The highest BCUT2D eigenvalue weighted by Gasteiger charge is 2.31. The third-order valence-corrected chi connectivity index (χ3v) is 5.91. The highest BCUT2D eigenvalue weighted by molar-refractivity contribution is 9.10. The van der Waals surface area contributed by atoms with Crippen LogP contribution >= 0.6 is 15.9 Å². The lowest BCUT2D eigenvalue weighted by atomic mass is 10.0. The minimum absolute atomic E-state index is 0.164. The average Bonchev–Trinajstić information content (AvgIpc) is 3.06. The number of ether oxygens (including phenoxy) is 1. The number of halogens is 4. The van der Waals surface area contributed by atoms with Gasteiger partial charge in [0.1, 0.15) is 0 Å². The van der Waals surface area contributed by atoms with Crippen LogP contribution in [0.4, 0.5) is 13.2 Å². The number of carbonyl (C=O) groups is 1. The Morgan fingerprint density at radius 1 is 1.20 bits per heavy atom. The molecule has 1 fully saturated rings. The van der Waals surface area contributed by atoms with Crippen LogP contribution in [-0.4, -0.2) is 65.2 Å². The second-order valence-corrected chi connectivity index (χ2v) is 8.44. The zero-order valence-corrected chi connectivity index (χ0v) is 18.8. The summed E-state index contributed by atoms with van der Waals surface area (Å²) in [5.74, 6) is -0.422. The van der Waals surface area contributed by atoms with E-state index in [1.807, 2.05) is 28.5 Å². The number of carbonyl (C=O) groups excluding carboxylic acids is 1. The Balaban J connectivity index is 1.94. The SMILES string of the molecule is C=C(c1c(C)c(C(=O)OC(C)C)cc2c(Br)ccn12)N1CCN(C(F)C(F)F)CC1. The number of nitrogens with zero attached hydrogens (tertiary/aromatic N) is 3. The van der Waals surface area contributed by atoms with Crippen molar-refractivity contribution in [2.45, 2.75) is 39.6 Å². The molecule has 1 saturated heterocycles. The molecule has 2 aromatic rings. The van der Waals surface area contributed by atoms with E-state index < -0.39 is 18.7 Å². The second kappa shape index (κ2) is 9.01. The van der Waals surface area contributed by atoms with Gasteiger partial charge in [0.2, 0.25) is 6.30 Å². The van der Waals surface area contributed by atoms with Gasteiger partial charge in [-0.15, -0.1) is 0 Å². The smallest absolute Gasteiger partial charge is 0.338 e. The topological polar surface area (TPSA) is 37.2 Å². The molecule has 164 valence electrons. The Labute approximate surface area is 182 Å². The Hall–Kier alpha value is -2.00. The van der Waals surface area contributed by atoms with Crippen LogP contribution in [-0.2, 0) is 4.74 Å². The molecule has 1 atom stereocenters. The number of alkyl halides is 3. The van der Waals surface area contributed by atoms with E-state index in [-0.39, 0.29) is 19.2 Å². The Kier molecular flexibility index (Phi) is 6.81. The van der Waals surface area contributed by atoms with E-state index >= 15 is 0 Å². The molecule has 5 nitrogen and oxygen atoms in total. The van der Waals surface area contributed by atoms with Gasteiger partial charge in [0, 0.05) is 36.8 Å².